The highest BCUT2D eigenvalue weighted by molar-refractivity contribution is 6.30. The number of rotatable bonds is 6. The third-order valence-electron chi connectivity index (χ3n) is 2.54. The van der Waals surface area contributed by atoms with Crippen molar-refractivity contribution in [1.82, 2.24) is 5.43 Å². The first-order chi connectivity index (χ1) is 7.26. The van der Waals surface area contributed by atoms with Crippen molar-refractivity contribution in [2.75, 3.05) is 0 Å². The van der Waals surface area contributed by atoms with Gasteiger partial charge in [0.2, 0.25) is 0 Å². The highest BCUT2D eigenvalue weighted by Crippen LogP contribution is 2.12. The highest BCUT2D eigenvalue weighted by Gasteiger charge is 2.06. The Kier molecular flexibility index (Phi) is 5.69. The summed E-state index contributed by atoms with van der Waals surface area (Å²) in [5.41, 5.74) is 4.14. The molecular weight excluding hydrogens is 208 g/mol. The van der Waals surface area contributed by atoms with E-state index in [-0.39, 0.29) is 0 Å². The van der Waals surface area contributed by atoms with Gasteiger partial charge in [-0.15, -0.1) is 0 Å². The smallest absolute Gasteiger partial charge is 0.0406 e. The van der Waals surface area contributed by atoms with Crippen molar-refractivity contribution >= 4 is 11.6 Å². The van der Waals surface area contributed by atoms with Crippen LogP contribution in [-0.4, -0.2) is 6.04 Å². The quantitative estimate of drug-likeness (QED) is 0.578. The minimum Gasteiger partial charge on any atom is -0.271 e. The van der Waals surface area contributed by atoms with Crippen LogP contribution in [0.3, 0.4) is 0 Å². The Hall–Kier alpha value is -0.570. The van der Waals surface area contributed by atoms with Crippen molar-refractivity contribution in [3.8, 4) is 0 Å². The van der Waals surface area contributed by atoms with Gasteiger partial charge in [-0.2, -0.15) is 0 Å². The summed E-state index contributed by atoms with van der Waals surface area (Å²) >= 11 is 5.83. The second kappa shape index (κ2) is 6.83. The molecular formula is C12H19ClN2. The molecule has 0 aromatic heterocycles. The third kappa shape index (κ3) is 4.65. The fourth-order valence-corrected chi connectivity index (χ4v) is 1.73. The van der Waals surface area contributed by atoms with Crippen molar-refractivity contribution < 1.29 is 0 Å². The van der Waals surface area contributed by atoms with E-state index >= 15 is 0 Å². The predicted molar refractivity (Wildman–Crippen MR) is 65.8 cm³/mol. The summed E-state index contributed by atoms with van der Waals surface area (Å²) in [5, 5.41) is 0.782. The van der Waals surface area contributed by atoms with Gasteiger partial charge in [0.1, 0.15) is 0 Å². The van der Waals surface area contributed by atoms with E-state index in [1.807, 2.05) is 12.1 Å². The molecule has 3 heteroatoms. The standard InChI is InChI=1S/C12H19ClN2/c1-2-3-4-12(15-14)9-10-5-7-11(13)8-6-10/h5-8,12,15H,2-4,9,14H2,1H3. The number of unbranched alkanes of at least 4 members (excludes halogenated alkanes) is 1. The molecule has 1 unspecified atom stereocenters. The summed E-state index contributed by atoms with van der Waals surface area (Å²) in [7, 11) is 0. The minimum atomic E-state index is 0.367. The molecule has 0 aliphatic rings. The van der Waals surface area contributed by atoms with E-state index < -0.39 is 0 Å². The Morgan fingerprint density at radius 1 is 1.33 bits per heavy atom. The van der Waals surface area contributed by atoms with E-state index in [2.05, 4.69) is 24.5 Å². The Bertz CT molecular complexity index is 271. The minimum absolute atomic E-state index is 0.367. The second-order valence-corrected chi connectivity index (χ2v) is 4.27. The monoisotopic (exact) mass is 226 g/mol. The van der Waals surface area contributed by atoms with Crippen LogP contribution in [0, 0.1) is 0 Å². The van der Waals surface area contributed by atoms with Crippen LogP contribution < -0.4 is 11.3 Å². The number of hydrogen-bond acceptors (Lipinski definition) is 2. The van der Waals surface area contributed by atoms with Crippen molar-refractivity contribution in [3.05, 3.63) is 34.9 Å². The molecule has 0 fully saturated rings. The number of nitrogens with one attached hydrogen (secondary N) is 1. The van der Waals surface area contributed by atoms with E-state index in [1.165, 1.54) is 18.4 Å². The van der Waals surface area contributed by atoms with Crippen LogP contribution in [0.5, 0.6) is 0 Å². The van der Waals surface area contributed by atoms with E-state index in [0.717, 1.165) is 17.9 Å². The van der Waals surface area contributed by atoms with Gasteiger partial charge < -0.3 is 0 Å². The number of halogens is 1. The summed E-state index contributed by atoms with van der Waals surface area (Å²) in [4.78, 5) is 0. The summed E-state index contributed by atoms with van der Waals surface area (Å²) < 4.78 is 0. The number of benzene rings is 1. The van der Waals surface area contributed by atoms with Gasteiger partial charge in [0.15, 0.2) is 0 Å². The molecule has 0 amide bonds. The molecule has 0 bridgehead atoms. The van der Waals surface area contributed by atoms with E-state index in [4.69, 9.17) is 17.4 Å². The van der Waals surface area contributed by atoms with Gasteiger partial charge in [0.05, 0.1) is 0 Å². The topological polar surface area (TPSA) is 38.0 Å². The normalized spacial score (nSPS) is 12.7. The van der Waals surface area contributed by atoms with Crippen LogP contribution in [-0.2, 0) is 6.42 Å². The van der Waals surface area contributed by atoms with E-state index in [1.54, 1.807) is 0 Å². The van der Waals surface area contributed by atoms with Gasteiger partial charge >= 0.3 is 0 Å². The van der Waals surface area contributed by atoms with Gasteiger partial charge in [0.25, 0.3) is 0 Å². The number of nitrogens with two attached hydrogens (primary N) is 1. The van der Waals surface area contributed by atoms with Crippen LogP contribution in [0.1, 0.15) is 31.7 Å². The predicted octanol–water partition coefficient (Wildman–Crippen LogP) is 2.90. The fourth-order valence-electron chi connectivity index (χ4n) is 1.60. The lowest BCUT2D eigenvalue weighted by atomic mass is 10.0. The van der Waals surface area contributed by atoms with Crippen molar-refractivity contribution in [1.29, 1.82) is 0 Å². The highest BCUT2D eigenvalue weighted by atomic mass is 35.5. The summed E-state index contributed by atoms with van der Waals surface area (Å²) in [6, 6.07) is 8.32. The van der Waals surface area contributed by atoms with Crippen LogP contribution in [0.2, 0.25) is 5.02 Å². The third-order valence-corrected chi connectivity index (χ3v) is 2.79. The fraction of sp³-hybridized carbons (Fsp3) is 0.500. The lowest BCUT2D eigenvalue weighted by Gasteiger charge is -2.15. The Balaban J connectivity index is 2.47. The Labute approximate surface area is 96.8 Å². The molecule has 2 nitrogen and oxygen atoms in total. The van der Waals surface area contributed by atoms with Crippen LogP contribution in [0.25, 0.3) is 0 Å². The molecule has 1 rings (SSSR count). The largest absolute Gasteiger partial charge is 0.271 e. The number of hydrogen-bond donors (Lipinski definition) is 2. The maximum Gasteiger partial charge on any atom is 0.0406 e. The van der Waals surface area contributed by atoms with Crippen LogP contribution in [0.4, 0.5) is 0 Å². The molecule has 3 N–H and O–H groups in total. The van der Waals surface area contributed by atoms with Crippen molar-refractivity contribution in [2.24, 2.45) is 5.84 Å². The number of hydrazine groups is 1. The van der Waals surface area contributed by atoms with Gasteiger partial charge in [-0.25, -0.2) is 0 Å². The first-order valence-corrected chi connectivity index (χ1v) is 5.84. The van der Waals surface area contributed by atoms with E-state index in [9.17, 15) is 0 Å². The molecule has 0 saturated heterocycles. The zero-order chi connectivity index (χ0) is 11.1. The molecule has 15 heavy (non-hydrogen) atoms. The summed E-state index contributed by atoms with van der Waals surface area (Å²) in [6.45, 7) is 2.19. The average molecular weight is 227 g/mol. The average Bonchev–Trinajstić information content (AvgIpc) is 2.27. The van der Waals surface area contributed by atoms with Crippen molar-refractivity contribution in [3.63, 3.8) is 0 Å². The van der Waals surface area contributed by atoms with Crippen LogP contribution in [0.15, 0.2) is 24.3 Å². The van der Waals surface area contributed by atoms with Gasteiger partial charge in [-0.3, -0.25) is 11.3 Å². The molecule has 1 aromatic carbocycles. The molecule has 0 aliphatic heterocycles. The van der Waals surface area contributed by atoms with Gasteiger partial charge in [0, 0.05) is 11.1 Å². The van der Waals surface area contributed by atoms with Crippen molar-refractivity contribution in [2.45, 2.75) is 38.6 Å². The molecule has 0 aliphatic carbocycles. The van der Waals surface area contributed by atoms with Gasteiger partial charge in [-0.05, 0) is 30.5 Å². The molecule has 1 aromatic rings. The first-order valence-electron chi connectivity index (χ1n) is 5.46. The zero-order valence-electron chi connectivity index (χ0n) is 9.17. The lowest BCUT2D eigenvalue weighted by molar-refractivity contribution is 0.473. The molecule has 0 radical (unpaired) electrons. The van der Waals surface area contributed by atoms with Gasteiger partial charge in [-0.1, -0.05) is 43.5 Å². The SMILES string of the molecule is CCCCC(Cc1ccc(Cl)cc1)NN. The molecule has 0 spiro atoms. The molecule has 0 saturated carbocycles. The maximum absolute atomic E-state index is 5.83. The molecule has 0 heterocycles. The lowest BCUT2D eigenvalue weighted by Crippen LogP contribution is -2.36. The Morgan fingerprint density at radius 2 is 2.00 bits per heavy atom. The maximum atomic E-state index is 5.83. The molecule has 1 atom stereocenters. The van der Waals surface area contributed by atoms with Crippen LogP contribution >= 0.6 is 11.6 Å². The molecule has 84 valence electrons. The first kappa shape index (κ1) is 12.5. The summed E-state index contributed by atoms with van der Waals surface area (Å²) in [6.07, 6.45) is 4.50. The zero-order valence-corrected chi connectivity index (χ0v) is 9.93. The van der Waals surface area contributed by atoms with E-state index in [0.29, 0.717) is 6.04 Å². The second-order valence-electron chi connectivity index (χ2n) is 3.84. The Morgan fingerprint density at radius 3 is 2.53 bits per heavy atom. The summed E-state index contributed by atoms with van der Waals surface area (Å²) in [5.74, 6) is 5.52.